The Morgan fingerprint density at radius 3 is 2.48 bits per heavy atom. The fourth-order valence-electron chi connectivity index (χ4n) is 2.80. The first-order valence-corrected chi connectivity index (χ1v) is 8.04. The van der Waals surface area contributed by atoms with Crippen LogP contribution in [-0.2, 0) is 11.8 Å². The molecule has 0 fully saturated rings. The van der Waals surface area contributed by atoms with E-state index in [0.717, 1.165) is 19.3 Å². The van der Waals surface area contributed by atoms with Gasteiger partial charge in [0.1, 0.15) is 0 Å². The standard InChI is InChI=1S/C21H28/c1-6-7-8-9-10-11-17-14-19(21(3,4)5)15-18-12-16(2)13-20(17)18/h6-7,10-12,14-15H,8-9,13H2,1-5H3/b7-6-,11-10+. The van der Waals surface area contributed by atoms with Crippen LogP contribution in [-0.4, -0.2) is 0 Å². The van der Waals surface area contributed by atoms with Crippen molar-refractivity contribution in [1.29, 1.82) is 0 Å². The lowest BCUT2D eigenvalue weighted by atomic mass is 9.83. The first kappa shape index (κ1) is 15.8. The molecular formula is C21H28. The predicted molar refractivity (Wildman–Crippen MR) is 95.6 cm³/mol. The summed E-state index contributed by atoms with van der Waals surface area (Å²) in [6.07, 6.45) is 14.7. The molecule has 0 heteroatoms. The van der Waals surface area contributed by atoms with Crippen LogP contribution < -0.4 is 0 Å². The van der Waals surface area contributed by atoms with Crippen LogP contribution in [0.1, 0.15) is 69.7 Å². The number of fused-ring (bicyclic) bond motifs is 1. The minimum atomic E-state index is 0.201. The van der Waals surface area contributed by atoms with Gasteiger partial charge >= 0.3 is 0 Å². The summed E-state index contributed by atoms with van der Waals surface area (Å²) in [4.78, 5) is 0. The van der Waals surface area contributed by atoms with E-state index in [4.69, 9.17) is 0 Å². The van der Waals surface area contributed by atoms with Gasteiger partial charge in [-0.1, -0.05) is 68.9 Å². The molecule has 0 saturated carbocycles. The van der Waals surface area contributed by atoms with Crippen molar-refractivity contribution in [3.05, 3.63) is 58.2 Å². The fraction of sp³-hybridized carbons (Fsp3) is 0.429. The van der Waals surface area contributed by atoms with Crippen LogP contribution in [0.2, 0.25) is 0 Å². The summed E-state index contributed by atoms with van der Waals surface area (Å²) in [7, 11) is 0. The van der Waals surface area contributed by atoms with E-state index < -0.39 is 0 Å². The summed E-state index contributed by atoms with van der Waals surface area (Å²) in [5.74, 6) is 0. The molecule has 0 bridgehead atoms. The predicted octanol–water partition coefficient (Wildman–Crippen LogP) is 6.31. The maximum absolute atomic E-state index is 2.39. The van der Waals surface area contributed by atoms with Crippen molar-refractivity contribution >= 4 is 12.2 Å². The molecule has 0 nitrogen and oxygen atoms in total. The van der Waals surface area contributed by atoms with Gasteiger partial charge < -0.3 is 0 Å². The topological polar surface area (TPSA) is 0 Å². The number of allylic oxidation sites excluding steroid dienone is 4. The molecule has 0 aliphatic heterocycles. The van der Waals surface area contributed by atoms with Crippen molar-refractivity contribution in [2.24, 2.45) is 0 Å². The van der Waals surface area contributed by atoms with Gasteiger partial charge in [-0.05, 0) is 60.8 Å². The van der Waals surface area contributed by atoms with Crippen molar-refractivity contribution in [2.75, 3.05) is 0 Å². The van der Waals surface area contributed by atoms with Crippen LogP contribution in [0.5, 0.6) is 0 Å². The van der Waals surface area contributed by atoms with Crippen LogP contribution in [0.15, 0.2) is 35.9 Å². The van der Waals surface area contributed by atoms with Gasteiger partial charge in [-0.25, -0.2) is 0 Å². The number of benzene rings is 1. The smallest absolute Gasteiger partial charge is 0.00547 e. The molecule has 1 aromatic carbocycles. The van der Waals surface area contributed by atoms with Gasteiger partial charge in [0.15, 0.2) is 0 Å². The van der Waals surface area contributed by atoms with E-state index in [9.17, 15) is 0 Å². The SMILES string of the molecule is C/C=C\CC/C=C/c1cc(C(C)(C)C)cc2c1CC(C)=C2. The van der Waals surface area contributed by atoms with Gasteiger partial charge in [-0.2, -0.15) is 0 Å². The van der Waals surface area contributed by atoms with Crippen molar-refractivity contribution in [3.63, 3.8) is 0 Å². The monoisotopic (exact) mass is 280 g/mol. The Balaban J connectivity index is 2.31. The molecule has 0 aromatic heterocycles. The van der Waals surface area contributed by atoms with Crippen molar-refractivity contribution in [1.82, 2.24) is 0 Å². The third-order valence-electron chi connectivity index (χ3n) is 4.08. The molecule has 112 valence electrons. The average Bonchev–Trinajstić information content (AvgIpc) is 2.77. The van der Waals surface area contributed by atoms with Gasteiger partial charge in [0, 0.05) is 0 Å². The second kappa shape index (κ2) is 6.47. The molecule has 0 amide bonds. The molecule has 1 aliphatic carbocycles. The van der Waals surface area contributed by atoms with Crippen LogP contribution in [0, 0.1) is 0 Å². The Morgan fingerprint density at radius 1 is 1.10 bits per heavy atom. The summed E-state index contributed by atoms with van der Waals surface area (Å²) < 4.78 is 0. The minimum Gasteiger partial charge on any atom is -0.0917 e. The first-order chi connectivity index (χ1) is 9.91. The van der Waals surface area contributed by atoms with Crippen LogP contribution in [0.25, 0.3) is 12.2 Å². The molecule has 0 spiro atoms. The van der Waals surface area contributed by atoms with E-state index in [-0.39, 0.29) is 5.41 Å². The largest absolute Gasteiger partial charge is 0.0917 e. The maximum atomic E-state index is 2.39. The Bertz CT molecular complexity index is 589. The van der Waals surface area contributed by atoms with Gasteiger partial charge in [0.25, 0.3) is 0 Å². The van der Waals surface area contributed by atoms with E-state index in [1.54, 1.807) is 0 Å². The fourth-order valence-corrected chi connectivity index (χ4v) is 2.80. The van der Waals surface area contributed by atoms with Crippen LogP contribution in [0.4, 0.5) is 0 Å². The second-order valence-corrected chi connectivity index (χ2v) is 7.10. The number of rotatable bonds is 4. The molecule has 0 radical (unpaired) electrons. The van der Waals surface area contributed by atoms with Crippen molar-refractivity contribution in [2.45, 2.75) is 59.3 Å². The highest BCUT2D eigenvalue weighted by Gasteiger charge is 2.19. The molecule has 0 unspecified atom stereocenters. The zero-order valence-corrected chi connectivity index (χ0v) is 14.2. The summed E-state index contributed by atoms with van der Waals surface area (Å²) in [6, 6.07) is 4.76. The highest BCUT2D eigenvalue weighted by molar-refractivity contribution is 5.71. The molecule has 1 aliphatic rings. The van der Waals surface area contributed by atoms with Gasteiger partial charge in [0.2, 0.25) is 0 Å². The Hall–Kier alpha value is -1.56. The minimum absolute atomic E-state index is 0.201. The third-order valence-corrected chi connectivity index (χ3v) is 4.08. The lowest BCUT2D eigenvalue weighted by molar-refractivity contribution is 0.590. The van der Waals surface area contributed by atoms with Gasteiger partial charge in [-0.15, -0.1) is 0 Å². The zero-order valence-electron chi connectivity index (χ0n) is 14.2. The maximum Gasteiger partial charge on any atom is -0.00547 e. The molecular weight excluding hydrogens is 252 g/mol. The highest BCUT2D eigenvalue weighted by Crippen LogP contribution is 2.34. The summed E-state index contributed by atoms with van der Waals surface area (Å²) in [6.45, 7) is 11.2. The summed E-state index contributed by atoms with van der Waals surface area (Å²) in [5, 5.41) is 0. The van der Waals surface area contributed by atoms with E-state index in [1.165, 1.54) is 27.8 Å². The molecule has 0 atom stereocenters. The summed E-state index contributed by atoms with van der Waals surface area (Å²) >= 11 is 0. The molecule has 21 heavy (non-hydrogen) atoms. The van der Waals surface area contributed by atoms with E-state index in [2.05, 4.69) is 77.1 Å². The third kappa shape index (κ3) is 3.97. The lowest BCUT2D eigenvalue weighted by Gasteiger charge is -2.21. The van der Waals surface area contributed by atoms with Crippen LogP contribution >= 0.6 is 0 Å². The number of hydrogen-bond acceptors (Lipinski definition) is 0. The number of hydrogen-bond donors (Lipinski definition) is 0. The van der Waals surface area contributed by atoms with E-state index in [1.807, 2.05) is 0 Å². The van der Waals surface area contributed by atoms with Gasteiger partial charge in [-0.3, -0.25) is 0 Å². The lowest BCUT2D eigenvalue weighted by Crippen LogP contribution is -2.12. The van der Waals surface area contributed by atoms with E-state index in [0.29, 0.717) is 0 Å². The Kier molecular flexibility index (Phi) is 4.88. The number of unbranched alkanes of at least 4 members (excludes halogenated alkanes) is 1. The summed E-state index contributed by atoms with van der Waals surface area (Å²) in [5.41, 5.74) is 7.44. The zero-order chi connectivity index (χ0) is 15.5. The Morgan fingerprint density at radius 2 is 1.81 bits per heavy atom. The normalized spacial score (nSPS) is 15.0. The molecule has 0 heterocycles. The van der Waals surface area contributed by atoms with Gasteiger partial charge in [0.05, 0.1) is 0 Å². The quantitative estimate of drug-likeness (QED) is 0.447. The first-order valence-electron chi connectivity index (χ1n) is 8.04. The van der Waals surface area contributed by atoms with E-state index >= 15 is 0 Å². The molecule has 1 aromatic rings. The molecule has 0 saturated heterocycles. The molecule has 0 N–H and O–H groups in total. The second-order valence-electron chi connectivity index (χ2n) is 7.10. The average molecular weight is 280 g/mol. The molecule has 2 rings (SSSR count). The highest BCUT2D eigenvalue weighted by atomic mass is 14.2. The van der Waals surface area contributed by atoms with Crippen LogP contribution in [0.3, 0.4) is 0 Å². The Labute approximate surface area is 130 Å². The van der Waals surface area contributed by atoms with Crippen molar-refractivity contribution in [3.8, 4) is 0 Å². The van der Waals surface area contributed by atoms with Crippen molar-refractivity contribution < 1.29 is 0 Å².